The van der Waals surface area contributed by atoms with Crippen molar-refractivity contribution in [3.63, 3.8) is 0 Å². The maximum atomic E-state index is 9.45. The summed E-state index contributed by atoms with van der Waals surface area (Å²) >= 11 is 0. The largest absolute Gasteiger partial charge is 0.389 e. The highest BCUT2D eigenvalue weighted by Crippen LogP contribution is 2.26. The van der Waals surface area contributed by atoms with Gasteiger partial charge >= 0.3 is 0 Å². The maximum Gasteiger partial charge on any atom is 0.128 e. The van der Waals surface area contributed by atoms with Crippen molar-refractivity contribution in [1.82, 2.24) is 4.98 Å². The molecule has 0 saturated carbocycles. The number of aliphatic hydroxyl groups is 1. The van der Waals surface area contributed by atoms with E-state index in [1.165, 1.54) is 6.42 Å². The molecule has 1 fully saturated rings. The molecule has 3 nitrogen and oxygen atoms in total. The van der Waals surface area contributed by atoms with E-state index in [0.29, 0.717) is 0 Å². The zero-order valence-electron chi connectivity index (χ0n) is 10.9. The summed E-state index contributed by atoms with van der Waals surface area (Å²) in [5.41, 5.74) is 0.882. The Morgan fingerprint density at radius 1 is 1.35 bits per heavy atom. The number of hydrogen-bond acceptors (Lipinski definition) is 3. The molecule has 17 heavy (non-hydrogen) atoms. The van der Waals surface area contributed by atoms with E-state index in [9.17, 15) is 5.11 Å². The van der Waals surface area contributed by atoms with Gasteiger partial charge in [-0.2, -0.15) is 0 Å². The lowest BCUT2D eigenvalue weighted by atomic mass is 9.89. The van der Waals surface area contributed by atoms with Crippen molar-refractivity contribution >= 4 is 5.82 Å². The number of piperidine rings is 1. The second-order valence-electron chi connectivity index (χ2n) is 5.31. The van der Waals surface area contributed by atoms with Gasteiger partial charge < -0.3 is 10.0 Å². The van der Waals surface area contributed by atoms with Crippen LogP contribution in [0.4, 0.5) is 5.82 Å². The lowest BCUT2D eigenvalue weighted by Crippen LogP contribution is -2.38. The van der Waals surface area contributed by atoms with Crippen molar-refractivity contribution in [3.05, 3.63) is 23.9 Å². The van der Waals surface area contributed by atoms with Gasteiger partial charge in [0.2, 0.25) is 0 Å². The van der Waals surface area contributed by atoms with E-state index in [2.05, 4.69) is 23.7 Å². The molecule has 0 bridgehead atoms. The van der Waals surface area contributed by atoms with Crippen LogP contribution in [0.15, 0.2) is 18.3 Å². The fourth-order valence-electron chi connectivity index (χ4n) is 2.30. The summed E-state index contributed by atoms with van der Waals surface area (Å²) in [4.78, 5) is 6.79. The summed E-state index contributed by atoms with van der Waals surface area (Å²) in [5.74, 6) is 2.57. The van der Waals surface area contributed by atoms with Gasteiger partial charge in [-0.05, 0) is 36.8 Å². The summed E-state index contributed by atoms with van der Waals surface area (Å²) in [6.07, 6.45) is 2.58. The predicted molar refractivity (Wildman–Crippen MR) is 70.0 cm³/mol. The molecule has 1 aliphatic heterocycles. The predicted octanol–water partition coefficient (Wildman–Crippen LogP) is 2.62. The van der Waals surface area contributed by atoms with Gasteiger partial charge in [-0.3, -0.25) is 0 Å². The van der Waals surface area contributed by atoms with Crippen molar-refractivity contribution in [2.75, 3.05) is 18.0 Å². The third-order valence-corrected chi connectivity index (χ3v) is 3.91. The molecule has 2 rings (SSSR count). The first-order valence-corrected chi connectivity index (χ1v) is 6.47. The first-order valence-electron chi connectivity index (χ1n) is 6.47. The van der Waals surface area contributed by atoms with Crippen LogP contribution < -0.4 is 4.90 Å². The average Bonchev–Trinajstić information content (AvgIpc) is 2.33. The Morgan fingerprint density at radius 3 is 2.65 bits per heavy atom. The molecule has 0 aliphatic carbocycles. The minimum Gasteiger partial charge on any atom is -0.389 e. The zero-order chi connectivity index (χ0) is 12.4. The van der Waals surface area contributed by atoms with Crippen molar-refractivity contribution in [3.8, 4) is 0 Å². The molecule has 0 radical (unpaired) electrons. The molecule has 2 unspecified atom stereocenters. The van der Waals surface area contributed by atoms with Crippen molar-refractivity contribution < 1.29 is 5.11 Å². The Kier molecular flexibility index (Phi) is 3.67. The van der Waals surface area contributed by atoms with Crippen LogP contribution in [0.25, 0.3) is 0 Å². The van der Waals surface area contributed by atoms with Crippen LogP contribution in [0.1, 0.15) is 38.9 Å². The summed E-state index contributed by atoms with van der Waals surface area (Å²) in [6, 6.07) is 3.99. The first kappa shape index (κ1) is 12.4. The molecule has 1 aromatic rings. The molecule has 1 aromatic heterocycles. The third kappa shape index (κ3) is 2.78. The highest BCUT2D eigenvalue weighted by molar-refractivity contribution is 5.40. The lowest BCUT2D eigenvalue weighted by Gasteiger charge is -2.36. The van der Waals surface area contributed by atoms with Crippen LogP contribution in [0.5, 0.6) is 0 Å². The Labute approximate surface area is 103 Å². The highest BCUT2D eigenvalue weighted by Gasteiger charge is 2.23. The molecule has 3 atom stereocenters. The molecular weight excluding hydrogens is 212 g/mol. The zero-order valence-corrected chi connectivity index (χ0v) is 10.9. The van der Waals surface area contributed by atoms with E-state index in [0.717, 1.165) is 36.3 Å². The van der Waals surface area contributed by atoms with Gasteiger partial charge in [-0.15, -0.1) is 0 Å². The first-order chi connectivity index (χ1) is 8.08. The molecule has 3 heteroatoms. The van der Waals surface area contributed by atoms with Crippen LogP contribution in [0.2, 0.25) is 0 Å². The fraction of sp³-hybridized carbons (Fsp3) is 0.643. The van der Waals surface area contributed by atoms with Crippen LogP contribution in [0, 0.1) is 11.8 Å². The van der Waals surface area contributed by atoms with E-state index >= 15 is 0 Å². The molecule has 0 amide bonds. The van der Waals surface area contributed by atoms with Gasteiger partial charge in [0.25, 0.3) is 0 Å². The molecule has 2 heterocycles. The molecular formula is C14H22N2O. The Hall–Kier alpha value is -1.09. The Bertz CT molecular complexity index is 361. The quantitative estimate of drug-likeness (QED) is 0.854. The molecule has 1 aliphatic rings. The van der Waals surface area contributed by atoms with E-state index in [1.54, 1.807) is 13.1 Å². The molecule has 1 saturated heterocycles. The smallest absolute Gasteiger partial charge is 0.128 e. The Balaban J connectivity index is 2.07. The fourth-order valence-corrected chi connectivity index (χ4v) is 2.30. The lowest BCUT2D eigenvalue weighted by molar-refractivity contribution is 0.199. The van der Waals surface area contributed by atoms with Crippen molar-refractivity contribution in [2.45, 2.75) is 33.3 Å². The van der Waals surface area contributed by atoms with Crippen LogP contribution in [-0.4, -0.2) is 23.2 Å². The van der Waals surface area contributed by atoms with Gasteiger partial charge in [0.1, 0.15) is 5.82 Å². The highest BCUT2D eigenvalue weighted by atomic mass is 16.3. The van der Waals surface area contributed by atoms with E-state index in [4.69, 9.17) is 0 Å². The summed E-state index contributed by atoms with van der Waals surface area (Å²) < 4.78 is 0. The van der Waals surface area contributed by atoms with Crippen molar-refractivity contribution in [1.29, 1.82) is 0 Å². The van der Waals surface area contributed by atoms with E-state index in [-0.39, 0.29) is 0 Å². The summed E-state index contributed by atoms with van der Waals surface area (Å²) in [5, 5.41) is 9.45. The molecule has 94 valence electrons. The minimum absolute atomic E-state index is 0.433. The second kappa shape index (κ2) is 5.05. The van der Waals surface area contributed by atoms with Gasteiger partial charge in [0.15, 0.2) is 0 Å². The summed E-state index contributed by atoms with van der Waals surface area (Å²) in [6.45, 7) is 8.57. The third-order valence-electron chi connectivity index (χ3n) is 3.91. The number of aromatic nitrogens is 1. The normalized spacial score (nSPS) is 26.9. The number of nitrogens with zero attached hydrogens (tertiary/aromatic N) is 2. The van der Waals surface area contributed by atoms with Gasteiger partial charge in [-0.1, -0.05) is 19.9 Å². The van der Waals surface area contributed by atoms with Gasteiger partial charge in [0, 0.05) is 19.3 Å². The molecule has 0 spiro atoms. The molecule has 1 N–H and O–H groups in total. The summed E-state index contributed by atoms with van der Waals surface area (Å²) in [7, 11) is 0. The number of hydrogen-bond donors (Lipinski definition) is 1. The van der Waals surface area contributed by atoms with E-state index < -0.39 is 6.10 Å². The number of anilines is 1. The number of pyridine rings is 1. The maximum absolute atomic E-state index is 9.45. The number of aliphatic hydroxyl groups excluding tert-OH is 1. The topological polar surface area (TPSA) is 36.4 Å². The standard InChI is InChI=1S/C14H22N2O/c1-10-6-7-16(9-11(10)2)14-5-4-13(8-15-14)12(3)17/h4-5,8,10-12,17H,6-7,9H2,1-3H3/t10?,11?,12-/m0/s1. The minimum atomic E-state index is -0.433. The molecule has 0 aromatic carbocycles. The van der Waals surface area contributed by atoms with Crippen LogP contribution in [-0.2, 0) is 0 Å². The van der Waals surface area contributed by atoms with Gasteiger partial charge in [0.05, 0.1) is 6.10 Å². The Morgan fingerprint density at radius 2 is 2.12 bits per heavy atom. The van der Waals surface area contributed by atoms with Crippen LogP contribution >= 0.6 is 0 Å². The van der Waals surface area contributed by atoms with Crippen LogP contribution in [0.3, 0.4) is 0 Å². The average molecular weight is 234 g/mol. The second-order valence-corrected chi connectivity index (χ2v) is 5.31. The monoisotopic (exact) mass is 234 g/mol. The van der Waals surface area contributed by atoms with E-state index in [1.807, 2.05) is 12.1 Å². The SMILES string of the molecule is CC1CCN(c2ccc([C@H](C)O)cn2)CC1C. The number of rotatable bonds is 2. The van der Waals surface area contributed by atoms with Gasteiger partial charge in [-0.25, -0.2) is 4.98 Å². The van der Waals surface area contributed by atoms with Crippen molar-refractivity contribution in [2.24, 2.45) is 11.8 Å².